The second-order valence-electron chi connectivity index (χ2n) is 7.21. The summed E-state index contributed by atoms with van der Waals surface area (Å²) in [6.45, 7) is 10.5. The molecule has 0 bridgehead atoms. The maximum Gasteiger partial charge on any atom is 0.410 e. The molecule has 0 aliphatic carbocycles. The van der Waals surface area contributed by atoms with Crippen molar-refractivity contribution in [3.63, 3.8) is 0 Å². The van der Waals surface area contributed by atoms with E-state index in [1.54, 1.807) is 4.90 Å². The summed E-state index contributed by atoms with van der Waals surface area (Å²) in [6, 6.07) is 0.306. The molecule has 120 valence electrons. The highest BCUT2D eigenvalue weighted by Crippen LogP contribution is 2.32. The summed E-state index contributed by atoms with van der Waals surface area (Å²) in [7, 11) is 0. The Balaban J connectivity index is 1.90. The second-order valence-corrected chi connectivity index (χ2v) is 7.21. The third-order valence-corrected chi connectivity index (χ3v) is 4.37. The lowest BCUT2D eigenvalue weighted by Crippen LogP contribution is -2.54. The zero-order chi connectivity index (χ0) is 15.9. The molecule has 0 aromatic carbocycles. The maximum absolute atomic E-state index is 12.4. The molecule has 2 aliphatic rings. The Morgan fingerprint density at radius 3 is 2.19 bits per heavy atom. The highest BCUT2D eigenvalue weighted by molar-refractivity contribution is 5.83. The summed E-state index contributed by atoms with van der Waals surface area (Å²) in [5.41, 5.74) is 5.62. The minimum atomic E-state index is -0.515. The van der Waals surface area contributed by atoms with E-state index in [9.17, 15) is 9.59 Å². The minimum Gasteiger partial charge on any atom is -0.444 e. The average molecular weight is 297 g/mol. The van der Waals surface area contributed by atoms with Crippen LogP contribution in [-0.2, 0) is 9.53 Å². The minimum absolute atomic E-state index is 0.131. The fourth-order valence-corrected chi connectivity index (χ4v) is 2.88. The van der Waals surface area contributed by atoms with E-state index < -0.39 is 5.60 Å². The van der Waals surface area contributed by atoms with Crippen molar-refractivity contribution in [3.05, 3.63) is 0 Å². The van der Waals surface area contributed by atoms with Crippen molar-refractivity contribution in [2.75, 3.05) is 13.1 Å². The number of likely N-dealkylation sites (tertiary alicyclic amines) is 1. The standard InChI is InChI=1S/C15H27N3O3/c1-9-10(2)18(9)13(19)11-6-7-17(8-12(11)16)14(20)21-15(3,4)5/h9-12H,6-8,16H2,1-5H3. The van der Waals surface area contributed by atoms with Crippen LogP contribution in [0.3, 0.4) is 0 Å². The summed E-state index contributed by atoms with van der Waals surface area (Å²) in [6.07, 6.45) is 0.257. The predicted molar refractivity (Wildman–Crippen MR) is 79.7 cm³/mol. The quantitative estimate of drug-likeness (QED) is 0.738. The molecule has 2 amide bonds. The topological polar surface area (TPSA) is 75.6 Å². The normalized spacial score (nSPS) is 32.9. The summed E-state index contributed by atoms with van der Waals surface area (Å²) < 4.78 is 5.35. The number of hydrogen-bond donors (Lipinski definition) is 1. The van der Waals surface area contributed by atoms with Gasteiger partial charge in [-0.1, -0.05) is 0 Å². The van der Waals surface area contributed by atoms with Crippen molar-refractivity contribution in [2.24, 2.45) is 11.7 Å². The Hall–Kier alpha value is -1.30. The lowest BCUT2D eigenvalue weighted by atomic mass is 9.91. The monoisotopic (exact) mass is 297 g/mol. The first-order valence-electron chi connectivity index (χ1n) is 7.67. The summed E-state index contributed by atoms with van der Waals surface area (Å²) in [4.78, 5) is 27.9. The molecule has 21 heavy (non-hydrogen) atoms. The van der Waals surface area contributed by atoms with Gasteiger partial charge in [-0.05, 0) is 41.0 Å². The van der Waals surface area contributed by atoms with E-state index in [1.165, 1.54) is 0 Å². The SMILES string of the molecule is CC1C(C)N1C(=O)C1CCN(C(=O)OC(C)(C)C)CC1N. The van der Waals surface area contributed by atoms with Crippen molar-refractivity contribution in [3.8, 4) is 0 Å². The van der Waals surface area contributed by atoms with Gasteiger partial charge in [-0.15, -0.1) is 0 Å². The van der Waals surface area contributed by atoms with Crippen LogP contribution in [0.4, 0.5) is 4.79 Å². The Morgan fingerprint density at radius 1 is 1.19 bits per heavy atom. The lowest BCUT2D eigenvalue weighted by Gasteiger charge is -2.36. The molecule has 2 saturated heterocycles. The van der Waals surface area contributed by atoms with Crippen molar-refractivity contribution < 1.29 is 14.3 Å². The first-order chi connectivity index (χ1) is 9.61. The molecule has 0 aromatic heterocycles. The van der Waals surface area contributed by atoms with Crippen LogP contribution in [0.25, 0.3) is 0 Å². The largest absolute Gasteiger partial charge is 0.444 e. The molecule has 2 aliphatic heterocycles. The van der Waals surface area contributed by atoms with E-state index >= 15 is 0 Å². The molecule has 6 heteroatoms. The first-order valence-corrected chi connectivity index (χ1v) is 7.67. The fourth-order valence-electron chi connectivity index (χ4n) is 2.88. The van der Waals surface area contributed by atoms with Gasteiger partial charge in [0, 0.05) is 31.2 Å². The Kier molecular flexibility index (Phi) is 4.19. The van der Waals surface area contributed by atoms with Crippen LogP contribution in [0.2, 0.25) is 0 Å². The number of nitrogens with two attached hydrogens (primary N) is 1. The van der Waals surface area contributed by atoms with Gasteiger partial charge in [0.15, 0.2) is 0 Å². The molecule has 0 radical (unpaired) electrons. The van der Waals surface area contributed by atoms with Crippen molar-refractivity contribution in [1.82, 2.24) is 9.80 Å². The molecule has 6 nitrogen and oxygen atoms in total. The van der Waals surface area contributed by atoms with Gasteiger partial charge < -0.3 is 20.3 Å². The zero-order valence-corrected chi connectivity index (χ0v) is 13.6. The van der Waals surface area contributed by atoms with Crippen LogP contribution in [0.5, 0.6) is 0 Å². The molecule has 2 fully saturated rings. The molecule has 4 atom stereocenters. The zero-order valence-electron chi connectivity index (χ0n) is 13.6. The van der Waals surface area contributed by atoms with E-state index in [1.807, 2.05) is 39.5 Å². The smallest absolute Gasteiger partial charge is 0.410 e. The van der Waals surface area contributed by atoms with E-state index in [-0.39, 0.29) is 24.0 Å². The van der Waals surface area contributed by atoms with E-state index in [0.29, 0.717) is 31.6 Å². The number of piperidine rings is 1. The van der Waals surface area contributed by atoms with Crippen LogP contribution >= 0.6 is 0 Å². The molecule has 2 rings (SSSR count). The maximum atomic E-state index is 12.4. The van der Waals surface area contributed by atoms with Crippen LogP contribution < -0.4 is 5.73 Å². The number of rotatable bonds is 1. The van der Waals surface area contributed by atoms with E-state index in [2.05, 4.69) is 0 Å². The van der Waals surface area contributed by atoms with Crippen molar-refractivity contribution in [1.29, 1.82) is 0 Å². The van der Waals surface area contributed by atoms with Gasteiger partial charge in [-0.3, -0.25) is 4.79 Å². The number of ether oxygens (including phenoxy) is 1. The van der Waals surface area contributed by atoms with Gasteiger partial charge in [-0.2, -0.15) is 0 Å². The predicted octanol–water partition coefficient (Wildman–Crippen LogP) is 1.19. The summed E-state index contributed by atoms with van der Waals surface area (Å²) >= 11 is 0. The van der Waals surface area contributed by atoms with E-state index in [0.717, 1.165) is 0 Å². The average Bonchev–Trinajstić information content (AvgIpc) is 2.94. The molecule has 2 heterocycles. The highest BCUT2D eigenvalue weighted by atomic mass is 16.6. The van der Waals surface area contributed by atoms with Gasteiger partial charge in [0.05, 0.1) is 5.92 Å². The van der Waals surface area contributed by atoms with Crippen molar-refractivity contribution >= 4 is 12.0 Å². The molecule has 2 N–H and O–H groups in total. The molecule has 0 aromatic rings. The van der Waals surface area contributed by atoms with Gasteiger partial charge in [0.25, 0.3) is 0 Å². The van der Waals surface area contributed by atoms with Gasteiger partial charge in [0.2, 0.25) is 5.91 Å². The third kappa shape index (κ3) is 3.48. The van der Waals surface area contributed by atoms with Gasteiger partial charge in [-0.25, -0.2) is 4.79 Å². The second kappa shape index (κ2) is 5.48. The number of carbonyl (C=O) groups excluding carboxylic acids is 2. The molecule has 4 unspecified atom stereocenters. The summed E-state index contributed by atoms with van der Waals surface area (Å²) in [5.74, 6) is -0.0533. The van der Waals surface area contributed by atoms with Gasteiger partial charge in [0.1, 0.15) is 5.60 Å². The molecular weight excluding hydrogens is 270 g/mol. The van der Waals surface area contributed by atoms with Crippen LogP contribution in [0.1, 0.15) is 41.0 Å². The van der Waals surface area contributed by atoms with Crippen LogP contribution in [-0.4, -0.2) is 58.6 Å². The number of amides is 2. The van der Waals surface area contributed by atoms with Crippen LogP contribution in [0, 0.1) is 5.92 Å². The third-order valence-electron chi connectivity index (χ3n) is 4.37. The van der Waals surface area contributed by atoms with Crippen LogP contribution in [0.15, 0.2) is 0 Å². The Morgan fingerprint density at radius 2 is 1.76 bits per heavy atom. The number of carbonyl (C=O) groups is 2. The Bertz CT molecular complexity index is 424. The van der Waals surface area contributed by atoms with Gasteiger partial charge >= 0.3 is 6.09 Å². The molecule has 0 spiro atoms. The van der Waals surface area contributed by atoms with E-state index in [4.69, 9.17) is 10.5 Å². The summed E-state index contributed by atoms with van der Waals surface area (Å²) in [5, 5.41) is 0. The Labute approximate surface area is 126 Å². The number of hydrogen-bond acceptors (Lipinski definition) is 4. The first kappa shape index (κ1) is 16.1. The molecule has 0 saturated carbocycles. The highest BCUT2D eigenvalue weighted by Gasteiger charge is 2.48. The molecular formula is C15H27N3O3. The fraction of sp³-hybridized carbons (Fsp3) is 0.867. The number of nitrogens with zero attached hydrogens (tertiary/aromatic N) is 2. The lowest BCUT2D eigenvalue weighted by molar-refractivity contribution is -0.132. The van der Waals surface area contributed by atoms with Crippen molar-refractivity contribution in [2.45, 2.75) is 64.8 Å².